The smallest absolute Gasteiger partial charge is 0.226 e. The molecule has 2 N–H and O–H groups in total. The number of ether oxygens (including phenoxy) is 2. The Labute approximate surface area is 134 Å². The average Bonchev–Trinajstić information content (AvgIpc) is 2.93. The number of benzene rings is 1. The average molecular weight is 313 g/mol. The normalized spacial score (nSPS) is 16.4. The van der Waals surface area contributed by atoms with E-state index in [9.17, 15) is 4.79 Å². The molecule has 0 bridgehead atoms. The highest BCUT2D eigenvalue weighted by molar-refractivity contribution is 5.94. The lowest BCUT2D eigenvalue weighted by Gasteiger charge is -2.23. The minimum Gasteiger partial charge on any atom is -0.493 e. The SMILES string of the molecule is C=CCOc1ccc([C@@H]2CC(=O)Nc3n[nH]c(C)c32)cc1OC. The van der Waals surface area contributed by atoms with Gasteiger partial charge in [-0.15, -0.1) is 0 Å². The zero-order valence-electron chi connectivity index (χ0n) is 13.2. The van der Waals surface area contributed by atoms with Gasteiger partial charge in [0.15, 0.2) is 17.3 Å². The van der Waals surface area contributed by atoms with Crippen molar-refractivity contribution in [2.24, 2.45) is 0 Å². The Kier molecular flexibility index (Phi) is 4.06. The molecule has 0 unspecified atom stereocenters. The fraction of sp³-hybridized carbons (Fsp3) is 0.294. The molecule has 1 aliphatic rings. The van der Waals surface area contributed by atoms with Crippen LogP contribution in [0.1, 0.15) is 29.2 Å². The molecular formula is C17H19N3O3. The highest BCUT2D eigenvalue weighted by Gasteiger charge is 2.30. The van der Waals surface area contributed by atoms with Crippen LogP contribution in [-0.4, -0.2) is 29.8 Å². The van der Waals surface area contributed by atoms with E-state index in [1.807, 2.05) is 25.1 Å². The van der Waals surface area contributed by atoms with E-state index in [1.54, 1.807) is 13.2 Å². The number of nitrogens with zero attached hydrogens (tertiary/aromatic N) is 1. The van der Waals surface area contributed by atoms with Gasteiger partial charge in [-0.25, -0.2) is 0 Å². The van der Waals surface area contributed by atoms with Gasteiger partial charge in [-0.3, -0.25) is 9.89 Å². The predicted octanol–water partition coefficient (Wildman–Crippen LogP) is 2.77. The molecule has 1 aromatic carbocycles. The van der Waals surface area contributed by atoms with Crippen molar-refractivity contribution in [3.05, 3.63) is 47.7 Å². The predicted molar refractivity (Wildman–Crippen MR) is 87.1 cm³/mol. The number of hydrogen-bond donors (Lipinski definition) is 2. The van der Waals surface area contributed by atoms with E-state index in [0.717, 1.165) is 16.8 Å². The number of aromatic amines is 1. The van der Waals surface area contributed by atoms with Crippen molar-refractivity contribution in [2.45, 2.75) is 19.3 Å². The van der Waals surface area contributed by atoms with Gasteiger partial charge in [0.25, 0.3) is 0 Å². The third-order valence-electron chi connectivity index (χ3n) is 3.94. The molecule has 1 atom stereocenters. The summed E-state index contributed by atoms with van der Waals surface area (Å²) in [4.78, 5) is 11.9. The standard InChI is InChI=1S/C17H19N3O3/c1-4-7-23-13-6-5-11(8-14(13)22-3)12-9-15(21)18-17-16(12)10(2)19-20-17/h4-6,8,12H,1,7,9H2,2-3H3,(H2,18,19,20,21)/t12-/m0/s1. The summed E-state index contributed by atoms with van der Waals surface area (Å²) >= 11 is 0. The molecule has 23 heavy (non-hydrogen) atoms. The first-order valence-electron chi connectivity index (χ1n) is 7.40. The second-order valence-electron chi connectivity index (χ2n) is 5.43. The topological polar surface area (TPSA) is 76.2 Å². The first-order valence-corrected chi connectivity index (χ1v) is 7.40. The fourth-order valence-electron chi connectivity index (χ4n) is 2.88. The quantitative estimate of drug-likeness (QED) is 0.832. The molecule has 1 aliphatic heterocycles. The van der Waals surface area contributed by atoms with E-state index in [-0.39, 0.29) is 11.8 Å². The molecule has 2 aromatic rings. The van der Waals surface area contributed by atoms with Crippen LogP contribution in [0.15, 0.2) is 30.9 Å². The minimum absolute atomic E-state index is 0.0417. The van der Waals surface area contributed by atoms with Crippen LogP contribution in [0.25, 0.3) is 0 Å². The van der Waals surface area contributed by atoms with Crippen molar-refractivity contribution < 1.29 is 14.3 Å². The number of anilines is 1. The molecule has 120 valence electrons. The van der Waals surface area contributed by atoms with E-state index < -0.39 is 0 Å². The van der Waals surface area contributed by atoms with Crippen molar-refractivity contribution in [1.82, 2.24) is 10.2 Å². The van der Waals surface area contributed by atoms with Crippen LogP contribution in [0.5, 0.6) is 11.5 Å². The van der Waals surface area contributed by atoms with Gasteiger partial charge in [0.1, 0.15) is 6.61 Å². The molecule has 0 spiro atoms. The monoisotopic (exact) mass is 313 g/mol. The van der Waals surface area contributed by atoms with Crippen LogP contribution < -0.4 is 14.8 Å². The number of carbonyl (C=O) groups excluding carboxylic acids is 1. The second-order valence-corrected chi connectivity index (χ2v) is 5.43. The minimum atomic E-state index is -0.0557. The third kappa shape index (κ3) is 2.79. The number of rotatable bonds is 5. The van der Waals surface area contributed by atoms with E-state index in [0.29, 0.717) is 30.3 Å². The van der Waals surface area contributed by atoms with Crippen molar-refractivity contribution in [2.75, 3.05) is 19.0 Å². The molecule has 6 heteroatoms. The molecule has 6 nitrogen and oxygen atoms in total. The number of nitrogens with one attached hydrogen (secondary N) is 2. The summed E-state index contributed by atoms with van der Waals surface area (Å²) in [5.74, 6) is 1.80. The van der Waals surface area contributed by atoms with Crippen molar-refractivity contribution >= 4 is 11.7 Å². The largest absolute Gasteiger partial charge is 0.493 e. The van der Waals surface area contributed by atoms with Gasteiger partial charge < -0.3 is 14.8 Å². The van der Waals surface area contributed by atoms with E-state index in [1.165, 1.54) is 0 Å². The molecule has 0 aliphatic carbocycles. The Morgan fingerprint density at radius 2 is 2.26 bits per heavy atom. The maximum atomic E-state index is 11.9. The summed E-state index contributed by atoms with van der Waals surface area (Å²) in [6, 6.07) is 5.73. The molecule has 3 rings (SSSR count). The van der Waals surface area contributed by atoms with Gasteiger partial charge in [0, 0.05) is 23.6 Å². The number of fused-ring (bicyclic) bond motifs is 1. The highest BCUT2D eigenvalue weighted by Crippen LogP contribution is 2.40. The first-order chi connectivity index (χ1) is 11.1. The fourth-order valence-corrected chi connectivity index (χ4v) is 2.88. The van der Waals surface area contributed by atoms with Gasteiger partial charge in [0.2, 0.25) is 5.91 Å². The summed E-state index contributed by atoms with van der Waals surface area (Å²) in [6.07, 6.45) is 2.06. The number of carbonyl (C=O) groups is 1. The Balaban J connectivity index is 2.00. The summed E-state index contributed by atoms with van der Waals surface area (Å²) in [5.41, 5.74) is 2.97. The molecule has 1 amide bonds. The van der Waals surface area contributed by atoms with Crippen LogP contribution in [0.2, 0.25) is 0 Å². The van der Waals surface area contributed by atoms with E-state index in [4.69, 9.17) is 9.47 Å². The molecule has 0 fully saturated rings. The van der Waals surface area contributed by atoms with Gasteiger partial charge >= 0.3 is 0 Å². The van der Waals surface area contributed by atoms with Gasteiger partial charge in [-0.05, 0) is 24.6 Å². The van der Waals surface area contributed by atoms with Crippen LogP contribution in [0.4, 0.5) is 5.82 Å². The Hall–Kier alpha value is -2.76. The molecule has 0 saturated heterocycles. The van der Waals surface area contributed by atoms with Gasteiger partial charge in [-0.1, -0.05) is 18.7 Å². The number of amides is 1. The molecule has 0 saturated carbocycles. The maximum Gasteiger partial charge on any atom is 0.226 e. The van der Waals surface area contributed by atoms with Crippen LogP contribution in [0, 0.1) is 6.92 Å². The zero-order valence-corrected chi connectivity index (χ0v) is 13.2. The van der Waals surface area contributed by atoms with Gasteiger partial charge in [-0.2, -0.15) is 5.10 Å². The lowest BCUT2D eigenvalue weighted by Crippen LogP contribution is -2.23. The number of hydrogen-bond acceptors (Lipinski definition) is 4. The number of methoxy groups -OCH3 is 1. The van der Waals surface area contributed by atoms with Crippen LogP contribution in [-0.2, 0) is 4.79 Å². The summed E-state index contributed by atoms with van der Waals surface area (Å²) in [7, 11) is 1.60. The molecular weight excluding hydrogens is 294 g/mol. The number of H-pyrrole nitrogens is 1. The third-order valence-corrected chi connectivity index (χ3v) is 3.94. The molecule has 1 aromatic heterocycles. The van der Waals surface area contributed by atoms with Gasteiger partial charge in [0.05, 0.1) is 7.11 Å². The Morgan fingerprint density at radius 3 is 3.00 bits per heavy atom. The summed E-state index contributed by atoms with van der Waals surface area (Å²) in [6.45, 7) is 6.00. The Morgan fingerprint density at radius 1 is 1.43 bits per heavy atom. The first kappa shape index (κ1) is 15.1. The zero-order chi connectivity index (χ0) is 16.4. The molecule has 2 heterocycles. The maximum absolute atomic E-state index is 11.9. The molecule has 0 radical (unpaired) electrons. The van der Waals surface area contributed by atoms with Crippen LogP contribution in [0.3, 0.4) is 0 Å². The van der Waals surface area contributed by atoms with Crippen molar-refractivity contribution in [3.8, 4) is 11.5 Å². The van der Waals surface area contributed by atoms with E-state index in [2.05, 4.69) is 22.1 Å². The highest BCUT2D eigenvalue weighted by atomic mass is 16.5. The Bertz CT molecular complexity index is 752. The summed E-state index contributed by atoms with van der Waals surface area (Å²) < 4.78 is 11.0. The summed E-state index contributed by atoms with van der Waals surface area (Å²) in [5, 5.41) is 9.89. The van der Waals surface area contributed by atoms with Crippen LogP contribution >= 0.6 is 0 Å². The number of aryl methyl sites for hydroxylation is 1. The van der Waals surface area contributed by atoms with E-state index >= 15 is 0 Å². The number of aromatic nitrogens is 2. The second kappa shape index (κ2) is 6.16. The van der Waals surface area contributed by atoms with Crippen molar-refractivity contribution in [3.63, 3.8) is 0 Å². The lowest BCUT2D eigenvalue weighted by atomic mass is 9.85. The lowest BCUT2D eigenvalue weighted by molar-refractivity contribution is -0.116. The van der Waals surface area contributed by atoms with Crippen molar-refractivity contribution in [1.29, 1.82) is 0 Å².